The van der Waals surface area contributed by atoms with E-state index in [0.717, 1.165) is 12.1 Å². The van der Waals surface area contributed by atoms with Gasteiger partial charge in [0.2, 0.25) is 11.9 Å². The number of carbonyl (C=O) groups is 1. The highest BCUT2D eigenvalue weighted by atomic mass is 35.5. The lowest BCUT2D eigenvalue weighted by atomic mass is 10.1. The molecule has 0 bridgehead atoms. The van der Waals surface area contributed by atoms with Gasteiger partial charge in [0.05, 0.1) is 17.4 Å². The molecule has 0 aromatic heterocycles. The average Bonchev–Trinajstić information content (AvgIpc) is 2.83. The van der Waals surface area contributed by atoms with E-state index in [1.165, 1.54) is 19.1 Å². The smallest absolute Gasteiger partial charge is 0.332 e. The van der Waals surface area contributed by atoms with Crippen molar-refractivity contribution in [3.8, 4) is 5.75 Å². The summed E-state index contributed by atoms with van der Waals surface area (Å²) >= 11 is 6.37. The molecule has 0 unspecified atom stereocenters. The number of hydrogen-bond donors (Lipinski definition) is 5. The minimum atomic E-state index is -4.86. The van der Waals surface area contributed by atoms with Gasteiger partial charge in [-0.2, -0.15) is 21.8 Å². The summed E-state index contributed by atoms with van der Waals surface area (Å²) in [6.07, 6.45) is 0.456. The van der Waals surface area contributed by atoms with Crippen molar-refractivity contribution >= 4 is 61.3 Å². The highest BCUT2D eigenvalue weighted by molar-refractivity contribution is 7.86. The van der Waals surface area contributed by atoms with Gasteiger partial charge >= 0.3 is 16.3 Å². The van der Waals surface area contributed by atoms with Crippen molar-refractivity contribution in [2.24, 2.45) is 21.5 Å². The Bertz CT molecular complexity index is 1530. The predicted octanol–water partition coefficient (Wildman–Crippen LogP) is 2.67. The second-order valence-corrected chi connectivity index (χ2v) is 12.3. The third-order valence-corrected chi connectivity index (χ3v) is 7.01. The number of nitrogens with zero attached hydrogens (tertiary/aromatic N) is 3. The van der Waals surface area contributed by atoms with Crippen molar-refractivity contribution in [2.45, 2.75) is 37.8 Å². The first-order valence-corrected chi connectivity index (χ1v) is 15.3. The number of nitrogens with two attached hydrogens (primary N) is 2. The fourth-order valence-electron chi connectivity index (χ4n) is 3.35. The van der Waals surface area contributed by atoms with Crippen LogP contribution in [0.2, 0.25) is 5.02 Å². The molecule has 3 rings (SSSR count). The van der Waals surface area contributed by atoms with Gasteiger partial charge < -0.3 is 26.8 Å². The second kappa shape index (κ2) is 13.8. The minimum absolute atomic E-state index is 0.0957. The van der Waals surface area contributed by atoms with Gasteiger partial charge in [-0.25, -0.2) is 9.79 Å². The van der Waals surface area contributed by atoms with E-state index in [0.29, 0.717) is 22.9 Å². The van der Waals surface area contributed by atoms with Crippen molar-refractivity contribution in [3.05, 3.63) is 47.5 Å². The van der Waals surface area contributed by atoms with Crippen LogP contribution >= 0.6 is 11.6 Å². The molecule has 2 amide bonds. The van der Waals surface area contributed by atoms with Crippen molar-refractivity contribution < 1.29 is 34.8 Å². The van der Waals surface area contributed by atoms with E-state index in [-0.39, 0.29) is 36.5 Å². The number of rotatable bonds is 9. The van der Waals surface area contributed by atoms with Crippen LogP contribution in [0.15, 0.2) is 57.3 Å². The first-order chi connectivity index (χ1) is 18.9. The summed E-state index contributed by atoms with van der Waals surface area (Å²) in [6, 6.07) is 9.43. The molecular weight excluding hydrogens is 605 g/mol. The molecular formula is C23H31ClFN7O7S2. The number of anilines is 2. The first-order valence-electron chi connectivity index (χ1n) is 11.9. The number of aliphatic imine (C=N–C) groups is 2. The zero-order valence-corrected chi connectivity index (χ0v) is 24.7. The molecule has 1 aliphatic rings. The van der Waals surface area contributed by atoms with Crippen molar-refractivity contribution in [3.63, 3.8) is 0 Å². The zero-order chi connectivity index (χ0) is 31.0. The number of guanidine groups is 2. The van der Waals surface area contributed by atoms with Gasteiger partial charge in [-0.3, -0.25) is 9.45 Å². The third-order valence-electron chi connectivity index (χ3n) is 5.17. The molecule has 1 heterocycles. The molecule has 2 aromatic carbocycles. The highest BCUT2D eigenvalue weighted by Crippen LogP contribution is 2.33. The Morgan fingerprint density at radius 3 is 2.39 bits per heavy atom. The summed E-state index contributed by atoms with van der Waals surface area (Å²) < 4.78 is 67.6. The van der Waals surface area contributed by atoms with E-state index in [1.54, 1.807) is 23.1 Å². The first kappa shape index (κ1) is 33.5. The molecule has 0 radical (unpaired) electrons. The van der Waals surface area contributed by atoms with Gasteiger partial charge in [0.15, 0.2) is 0 Å². The van der Waals surface area contributed by atoms with E-state index in [1.807, 2.05) is 13.8 Å². The van der Waals surface area contributed by atoms with Crippen LogP contribution in [0.25, 0.3) is 0 Å². The average molecular weight is 636 g/mol. The van der Waals surface area contributed by atoms with Gasteiger partial charge in [-0.15, -0.1) is 3.89 Å². The van der Waals surface area contributed by atoms with Crippen LogP contribution in [-0.2, 0) is 20.3 Å². The van der Waals surface area contributed by atoms with Crippen LogP contribution in [0.1, 0.15) is 27.2 Å². The van der Waals surface area contributed by atoms with Gasteiger partial charge in [-0.1, -0.05) is 17.7 Å². The number of hydrogen-bond acceptors (Lipinski definition) is 11. The SMILES string of the molecule is CC1(C)N=C(N)N=C(N)N1c1ccc(OCCCNC(=O)Nc2cccc(S(=O)(=O)F)c2)c(Cl)c1.CCS(=O)(=O)O. The number of urea groups is 1. The molecule has 226 valence electrons. The number of halogens is 2. The summed E-state index contributed by atoms with van der Waals surface area (Å²) in [7, 11) is -8.52. The number of nitrogens with one attached hydrogen (secondary N) is 2. The maximum atomic E-state index is 13.1. The normalized spacial score (nSPS) is 14.6. The summed E-state index contributed by atoms with van der Waals surface area (Å²) in [4.78, 5) is 21.4. The molecule has 18 heteroatoms. The Morgan fingerprint density at radius 2 is 1.83 bits per heavy atom. The molecule has 0 aliphatic carbocycles. The standard InChI is InChI=1S/C21H25ClFN7O4S.C2H6O3S/c1-21(2)29-18(24)28-19(25)30(21)14-7-8-17(16(22)12-14)34-10-4-9-26-20(31)27-13-5-3-6-15(11-13)35(23,32)33;1-2-6(3,4)5/h3,5-8,11-12H,4,9-10H2,1-2H3,(H2,26,27,31)(H4,24,25,28,29);2H2,1H3,(H,3,4,5). The maximum absolute atomic E-state index is 13.1. The van der Waals surface area contributed by atoms with E-state index in [9.17, 15) is 25.5 Å². The molecule has 41 heavy (non-hydrogen) atoms. The quantitative estimate of drug-likeness (QED) is 0.154. The summed E-state index contributed by atoms with van der Waals surface area (Å²) in [5.74, 6) is 0.526. The van der Waals surface area contributed by atoms with Crippen LogP contribution in [0.5, 0.6) is 5.75 Å². The Balaban J connectivity index is 0.000000883. The lowest BCUT2D eigenvalue weighted by molar-refractivity contribution is 0.250. The highest BCUT2D eigenvalue weighted by Gasteiger charge is 2.33. The van der Waals surface area contributed by atoms with Crippen LogP contribution in [0, 0.1) is 0 Å². The molecule has 0 saturated carbocycles. The molecule has 0 atom stereocenters. The molecule has 14 nitrogen and oxygen atoms in total. The fraction of sp³-hybridized carbons (Fsp3) is 0.348. The topological polar surface area (TPSA) is 219 Å². The largest absolute Gasteiger partial charge is 0.492 e. The number of amides is 2. The molecule has 1 aliphatic heterocycles. The monoisotopic (exact) mass is 635 g/mol. The summed E-state index contributed by atoms with van der Waals surface area (Å²) in [6.45, 7) is 5.56. The fourth-order valence-corrected chi connectivity index (χ4v) is 4.09. The van der Waals surface area contributed by atoms with Crippen LogP contribution in [0.3, 0.4) is 0 Å². The predicted molar refractivity (Wildman–Crippen MR) is 155 cm³/mol. The lowest BCUT2D eigenvalue weighted by Crippen LogP contribution is -2.54. The van der Waals surface area contributed by atoms with Crippen molar-refractivity contribution in [1.29, 1.82) is 0 Å². The van der Waals surface area contributed by atoms with Crippen molar-refractivity contribution in [1.82, 2.24) is 5.32 Å². The van der Waals surface area contributed by atoms with Gasteiger partial charge in [-0.05, 0) is 63.6 Å². The maximum Gasteiger partial charge on any atom is 0.332 e. The van der Waals surface area contributed by atoms with Gasteiger partial charge in [0, 0.05) is 17.9 Å². The Hall–Kier alpha value is -3.67. The number of ether oxygens (including phenoxy) is 1. The Labute approximate surface area is 242 Å². The third kappa shape index (κ3) is 10.7. The van der Waals surface area contributed by atoms with Crippen molar-refractivity contribution in [2.75, 3.05) is 29.1 Å². The van der Waals surface area contributed by atoms with Gasteiger partial charge in [0.25, 0.3) is 10.1 Å². The van der Waals surface area contributed by atoms with E-state index in [4.69, 9.17) is 32.4 Å². The molecule has 0 saturated heterocycles. The Morgan fingerprint density at radius 1 is 1.17 bits per heavy atom. The number of benzene rings is 2. The minimum Gasteiger partial charge on any atom is -0.492 e. The summed E-state index contributed by atoms with van der Waals surface area (Å²) in [5.41, 5.74) is 11.8. The van der Waals surface area contributed by atoms with E-state index >= 15 is 0 Å². The molecule has 7 N–H and O–H groups in total. The van der Waals surface area contributed by atoms with Gasteiger partial charge in [0.1, 0.15) is 16.3 Å². The van der Waals surface area contributed by atoms with Crippen LogP contribution < -0.4 is 31.7 Å². The molecule has 0 fully saturated rings. The van der Waals surface area contributed by atoms with E-state index in [2.05, 4.69) is 20.6 Å². The Kier molecular flexibility index (Phi) is 11.3. The van der Waals surface area contributed by atoms with Crippen LogP contribution in [0.4, 0.5) is 20.1 Å². The molecule has 0 spiro atoms. The molecule has 2 aromatic rings. The zero-order valence-electron chi connectivity index (χ0n) is 22.3. The lowest BCUT2D eigenvalue weighted by Gasteiger charge is -2.38. The van der Waals surface area contributed by atoms with E-state index < -0.39 is 36.9 Å². The second-order valence-electron chi connectivity index (χ2n) is 8.80. The number of carbonyl (C=O) groups excluding carboxylic acids is 1. The van der Waals surface area contributed by atoms with Crippen LogP contribution in [-0.4, -0.2) is 63.9 Å². The summed E-state index contributed by atoms with van der Waals surface area (Å²) in [5, 5.41) is 5.38.